The van der Waals surface area contributed by atoms with E-state index in [1.807, 2.05) is 19.2 Å². The van der Waals surface area contributed by atoms with E-state index >= 15 is 0 Å². The van der Waals surface area contributed by atoms with Crippen LogP contribution in [0.2, 0.25) is 0 Å². The second-order valence-corrected chi connectivity index (χ2v) is 4.10. The summed E-state index contributed by atoms with van der Waals surface area (Å²) in [4.78, 5) is 13.5. The summed E-state index contributed by atoms with van der Waals surface area (Å²) < 4.78 is 0. The molecule has 5 heteroatoms. The van der Waals surface area contributed by atoms with E-state index in [-0.39, 0.29) is 11.8 Å². The van der Waals surface area contributed by atoms with Crippen molar-refractivity contribution in [3.63, 3.8) is 0 Å². The molecule has 0 bridgehead atoms. The number of carbonyl (C=O) groups is 1. The van der Waals surface area contributed by atoms with Crippen LogP contribution in [0.5, 0.6) is 5.75 Å². The van der Waals surface area contributed by atoms with Crippen LogP contribution in [-0.2, 0) is 6.42 Å². The number of aromatic hydroxyl groups is 1. The summed E-state index contributed by atoms with van der Waals surface area (Å²) in [5.41, 5.74) is 1.88. The molecule has 0 unspecified atom stereocenters. The maximum atomic E-state index is 10.5. The number of H-pyrrole nitrogens is 1. The Bertz CT molecular complexity index is 548. The number of phenolic OH excluding ortho intramolecular Hbond substituents is 1. The number of rotatable bonds is 3. The van der Waals surface area contributed by atoms with Crippen LogP contribution >= 0.6 is 0 Å². The van der Waals surface area contributed by atoms with Crippen molar-refractivity contribution >= 4 is 17.0 Å². The van der Waals surface area contributed by atoms with Crippen molar-refractivity contribution < 1.29 is 15.0 Å². The van der Waals surface area contributed by atoms with Gasteiger partial charge in [-0.15, -0.1) is 0 Å². The molecule has 1 aromatic heterocycles. The van der Waals surface area contributed by atoms with Crippen LogP contribution in [0.3, 0.4) is 0 Å². The van der Waals surface area contributed by atoms with Crippen molar-refractivity contribution in [3.8, 4) is 5.75 Å². The van der Waals surface area contributed by atoms with E-state index in [4.69, 9.17) is 5.11 Å². The Balaban J connectivity index is 2.22. The van der Waals surface area contributed by atoms with Gasteiger partial charge in [-0.3, -0.25) is 0 Å². The molecule has 0 aliphatic rings. The molecule has 2 aromatic rings. The average molecular weight is 234 g/mol. The van der Waals surface area contributed by atoms with Crippen LogP contribution in [0.25, 0.3) is 10.9 Å². The summed E-state index contributed by atoms with van der Waals surface area (Å²) in [6.07, 6.45) is 1.43. The molecule has 0 saturated heterocycles. The molecule has 4 N–H and O–H groups in total. The highest BCUT2D eigenvalue weighted by Crippen LogP contribution is 2.23. The maximum Gasteiger partial charge on any atom is 0.404 e. The lowest BCUT2D eigenvalue weighted by atomic mass is 10.1. The average Bonchev–Trinajstić information content (AvgIpc) is 2.59. The van der Waals surface area contributed by atoms with Crippen LogP contribution < -0.4 is 5.32 Å². The summed E-state index contributed by atoms with van der Waals surface area (Å²) in [5, 5.41) is 21.4. The number of nitrogens with one attached hydrogen (secondary N) is 2. The van der Waals surface area contributed by atoms with Gasteiger partial charge in [0.15, 0.2) is 0 Å². The minimum Gasteiger partial charge on any atom is -0.508 e. The lowest BCUT2D eigenvalue weighted by molar-refractivity contribution is 0.190. The number of benzene rings is 1. The van der Waals surface area contributed by atoms with Crippen molar-refractivity contribution in [3.05, 3.63) is 30.0 Å². The third kappa shape index (κ3) is 2.50. The van der Waals surface area contributed by atoms with Crippen LogP contribution in [-0.4, -0.2) is 27.3 Å². The fourth-order valence-electron chi connectivity index (χ4n) is 1.93. The first-order valence-electron chi connectivity index (χ1n) is 5.34. The normalized spacial score (nSPS) is 12.5. The SMILES string of the molecule is C[C@H](Cc1c[nH]c2cc(O)ccc12)NC(=O)O. The minimum absolute atomic E-state index is 0.152. The van der Waals surface area contributed by atoms with Gasteiger partial charge in [-0.2, -0.15) is 0 Å². The maximum absolute atomic E-state index is 10.5. The quantitative estimate of drug-likeness (QED) is 0.655. The topological polar surface area (TPSA) is 85.4 Å². The molecule has 1 atom stereocenters. The highest BCUT2D eigenvalue weighted by molar-refractivity contribution is 5.84. The monoisotopic (exact) mass is 234 g/mol. The van der Waals surface area contributed by atoms with E-state index in [0.29, 0.717) is 6.42 Å². The van der Waals surface area contributed by atoms with Gasteiger partial charge in [-0.1, -0.05) is 0 Å². The fourth-order valence-corrected chi connectivity index (χ4v) is 1.93. The predicted octanol–water partition coefficient (Wildman–Crippen LogP) is 2.07. The zero-order chi connectivity index (χ0) is 12.4. The number of hydrogen-bond donors (Lipinski definition) is 4. The second-order valence-electron chi connectivity index (χ2n) is 4.10. The molecule has 5 nitrogen and oxygen atoms in total. The summed E-state index contributed by atoms with van der Waals surface area (Å²) in [6.45, 7) is 1.81. The molecule has 0 spiro atoms. The molecule has 90 valence electrons. The highest BCUT2D eigenvalue weighted by atomic mass is 16.4. The fraction of sp³-hybridized carbons (Fsp3) is 0.250. The number of aromatic nitrogens is 1. The summed E-state index contributed by atoms with van der Waals surface area (Å²) >= 11 is 0. The van der Waals surface area contributed by atoms with Gasteiger partial charge in [-0.05, 0) is 31.0 Å². The van der Waals surface area contributed by atoms with Gasteiger partial charge in [0.1, 0.15) is 5.75 Å². The molecule has 0 aliphatic carbocycles. The predicted molar refractivity (Wildman–Crippen MR) is 64.3 cm³/mol. The summed E-state index contributed by atoms with van der Waals surface area (Å²) in [5.74, 6) is 0.211. The van der Waals surface area contributed by atoms with E-state index < -0.39 is 6.09 Å². The highest BCUT2D eigenvalue weighted by Gasteiger charge is 2.10. The van der Waals surface area contributed by atoms with Crippen LogP contribution in [0.4, 0.5) is 4.79 Å². The molecular formula is C12H14N2O3. The molecule has 0 aliphatic heterocycles. The lowest BCUT2D eigenvalue weighted by Crippen LogP contribution is -2.32. The molecule has 0 radical (unpaired) electrons. The number of amides is 1. The Morgan fingerprint density at radius 3 is 3.00 bits per heavy atom. The van der Waals surface area contributed by atoms with Gasteiger partial charge >= 0.3 is 6.09 Å². The number of fused-ring (bicyclic) bond motifs is 1. The number of aromatic amines is 1. The molecule has 1 heterocycles. The standard InChI is InChI=1S/C12H14N2O3/c1-7(14-12(16)17)4-8-6-13-11-5-9(15)2-3-10(8)11/h2-3,5-7,13-15H,4H2,1H3,(H,16,17)/t7-/m1/s1. The first kappa shape index (κ1) is 11.3. The van der Waals surface area contributed by atoms with Crippen molar-refractivity contribution in [2.24, 2.45) is 0 Å². The van der Waals surface area contributed by atoms with E-state index in [1.165, 1.54) is 0 Å². The first-order chi connectivity index (χ1) is 8.06. The Kier molecular flexibility index (Phi) is 2.91. The van der Waals surface area contributed by atoms with Gasteiger partial charge < -0.3 is 20.5 Å². The summed E-state index contributed by atoms with van der Waals surface area (Å²) in [6, 6.07) is 4.94. The second kappa shape index (κ2) is 4.37. The Hall–Kier alpha value is -2.17. The number of hydrogen-bond acceptors (Lipinski definition) is 2. The first-order valence-corrected chi connectivity index (χ1v) is 5.34. The third-order valence-corrected chi connectivity index (χ3v) is 2.65. The van der Waals surface area contributed by atoms with E-state index in [2.05, 4.69) is 10.3 Å². The van der Waals surface area contributed by atoms with Crippen LogP contribution in [0, 0.1) is 0 Å². The number of phenols is 1. The zero-order valence-corrected chi connectivity index (χ0v) is 9.40. The van der Waals surface area contributed by atoms with Crippen LogP contribution in [0.15, 0.2) is 24.4 Å². The van der Waals surface area contributed by atoms with Gasteiger partial charge in [0.2, 0.25) is 0 Å². The van der Waals surface area contributed by atoms with Crippen molar-refractivity contribution in [2.75, 3.05) is 0 Å². The van der Waals surface area contributed by atoms with Crippen molar-refractivity contribution in [2.45, 2.75) is 19.4 Å². The smallest absolute Gasteiger partial charge is 0.404 e. The van der Waals surface area contributed by atoms with Crippen molar-refractivity contribution in [1.82, 2.24) is 10.3 Å². The van der Waals surface area contributed by atoms with E-state index in [9.17, 15) is 9.90 Å². The lowest BCUT2D eigenvalue weighted by Gasteiger charge is -2.10. The largest absolute Gasteiger partial charge is 0.508 e. The van der Waals surface area contributed by atoms with Gasteiger partial charge in [-0.25, -0.2) is 4.79 Å². The zero-order valence-electron chi connectivity index (χ0n) is 9.40. The van der Waals surface area contributed by atoms with Crippen molar-refractivity contribution in [1.29, 1.82) is 0 Å². The van der Waals surface area contributed by atoms with E-state index in [1.54, 1.807) is 12.1 Å². The summed E-state index contributed by atoms with van der Waals surface area (Å²) in [7, 11) is 0. The Morgan fingerprint density at radius 2 is 2.29 bits per heavy atom. The molecule has 2 rings (SSSR count). The van der Waals surface area contributed by atoms with Gasteiger partial charge in [0.05, 0.1) is 0 Å². The molecule has 1 aromatic carbocycles. The van der Waals surface area contributed by atoms with E-state index in [0.717, 1.165) is 16.5 Å². The van der Waals surface area contributed by atoms with Gasteiger partial charge in [0.25, 0.3) is 0 Å². The number of carboxylic acid groups (broad SMARTS) is 1. The van der Waals surface area contributed by atoms with Crippen LogP contribution in [0.1, 0.15) is 12.5 Å². The third-order valence-electron chi connectivity index (χ3n) is 2.65. The molecule has 1 amide bonds. The molecule has 0 saturated carbocycles. The minimum atomic E-state index is -1.02. The Labute approximate surface area is 98.1 Å². The Morgan fingerprint density at radius 1 is 1.53 bits per heavy atom. The van der Waals surface area contributed by atoms with Gasteiger partial charge in [0, 0.05) is 29.2 Å². The molecular weight excluding hydrogens is 220 g/mol. The molecule has 0 fully saturated rings. The molecule has 17 heavy (non-hydrogen) atoms.